The molecule has 1 aliphatic heterocycles. The van der Waals surface area contributed by atoms with Gasteiger partial charge in [0.25, 0.3) is 0 Å². The van der Waals surface area contributed by atoms with Crippen molar-refractivity contribution in [3.8, 4) is 5.75 Å². The van der Waals surface area contributed by atoms with Crippen molar-refractivity contribution in [2.75, 3.05) is 31.6 Å². The molecule has 33 heavy (non-hydrogen) atoms. The zero-order valence-electron chi connectivity index (χ0n) is 19.1. The van der Waals surface area contributed by atoms with Gasteiger partial charge in [0.15, 0.2) is 5.69 Å². The minimum absolute atomic E-state index is 0.0830. The molecule has 1 aliphatic rings. The standard InChI is InChI=1S/C27H31N3O3/c1-19(21-10-6-11-23(16-21)33-2)28-17-22-14-15-30(18-24(22)20-8-4-3-5-9-20)26-13-7-12-25(29-26)27(31)32/h3-13,16,19,22,24,28H,14-15,17-18H2,1-2H3,(H,31,32)/t19-,22?,24?/m1/s1. The Morgan fingerprint density at radius 3 is 2.70 bits per heavy atom. The van der Waals surface area contributed by atoms with E-state index >= 15 is 0 Å². The number of pyridine rings is 1. The molecule has 0 radical (unpaired) electrons. The third kappa shape index (κ3) is 5.52. The van der Waals surface area contributed by atoms with Crippen molar-refractivity contribution in [1.82, 2.24) is 10.3 Å². The number of methoxy groups -OCH3 is 1. The normalized spacial score (nSPS) is 19.2. The summed E-state index contributed by atoms with van der Waals surface area (Å²) in [4.78, 5) is 18.0. The fourth-order valence-electron chi connectivity index (χ4n) is 4.61. The summed E-state index contributed by atoms with van der Waals surface area (Å²) in [5.74, 6) is 1.38. The first-order valence-electron chi connectivity index (χ1n) is 11.4. The van der Waals surface area contributed by atoms with Crippen LogP contribution in [0.25, 0.3) is 0 Å². The van der Waals surface area contributed by atoms with Crippen LogP contribution in [0.1, 0.15) is 46.9 Å². The van der Waals surface area contributed by atoms with Crippen molar-refractivity contribution >= 4 is 11.8 Å². The van der Waals surface area contributed by atoms with Crippen LogP contribution < -0.4 is 15.0 Å². The number of rotatable bonds is 8. The fourth-order valence-corrected chi connectivity index (χ4v) is 4.61. The first-order valence-corrected chi connectivity index (χ1v) is 11.4. The molecular formula is C27H31N3O3. The molecule has 0 spiro atoms. The van der Waals surface area contributed by atoms with Crippen LogP contribution in [0.4, 0.5) is 5.82 Å². The molecule has 172 valence electrons. The topological polar surface area (TPSA) is 74.7 Å². The molecule has 4 rings (SSSR count). The summed E-state index contributed by atoms with van der Waals surface area (Å²) in [7, 11) is 1.69. The van der Waals surface area contributed by atoms with E-state index in [1.54, 1.807) is 13.2 Å². The largest absolute Gasteiger partial charge is 0.497 e. The maximum absolute atomic E-state index is 11.4. The van der Waals surface area contributed by atoms with Crippen molar-refractivity contribution in [2.45, 2.75) is 25.3 Å². The zero-order chi connectivity index (χ0) is 23.2. The second-order valence-electron chi connectivity index (χ2n) is 8.60. The molecule has 6 nitrogen and oxygen atoms in total. The molecule has 0 bridgehead atoms. The van der Waals surface area contributed by atoms with Crippen molar-refractivity contribution < 1.29 is 14.6 Å². The highest BCUT2D eigenvalue weighted by Crippen LogP contribution is 2.34. The number of carbonyl (C=O) groups is 1. The second kappa shape index (κ2) is 10.5. The highest BCUT2D eigenvalue weighted by atomic mass is 16.5. The van der Waals surface area contributed by atoms with Crippen LogP contribution in [-0.2, 0) is 0 Å². The van der Waals surface area contributed by atoms with Crippen LogP contribution in [0, 0.1) is 5.92 Å². The molecule has 3 atom stereocenters. The lowest BCUT2D eigenvalue weighted by molar-refractivity contribution is 0.0690. The summed E-state index contributed by atoms with van der Waals surface area (Å²) >= 11 is 0. The van der Waals surface area contributed by atoms with Crippen molar-refractivity contribution in [2.24, 2.45) is 5.92 Å². The van der Waals surface area contributed by atoms with E-state index in [0.29, 0.717) is 11.8 Å². The van der Waals surface area contributed by atoms with Gasteiger partial charge in [-0.2, -0.15) is 0 Å². The number of nitrogens with one attached hydrogen (secondary N) is 1. The Hall–Kier alpha value is -3.38. The van der Waals surface area contributed by atoms with Gasteiger partial charge in [0, 0.05) is 25.0 Å². The first kappa shape index (κ1) is 22.8. The third-order valence-electron chi connectivity index (χ3n) is 6.54. The zero-order valence-corrected chi connectivity index (χ0v) is 19.1. The van der Waals surface area contributed by atoms with E-state index in [-0.39, 0.29) is 11.7 Å². The van der Waals surface area contributed by atoms with Gasteiger partial charge in [0.1, 0.15) is 11.6 Å². The Morgan fingerprint density at radius 1 is 1.15 bits per heavy atom. The molecule has 0 amide bonds. The summed E-state index contributed by atoms with van der Waals surface area (Å²) in [6.07, 6.45) is 0.996. The minimum Gasteiger partial charge on any atom is -0.497 e. The number of piperidine rings is 1. The number of nitrogens with zero attached hydrogens (tertiary/aromatic N) is 2. The molecule has 2 aromatic carbocycles. The van der Waals surface area contributed by atoms with Crippen LogP contribution in [0.5, 0.6) is 5.75 Å². The molecule has 0 saturated carbocycles. The highest BCUT2D eigenvalue weighted by molar-refractivity contribution is 5.85. The predicted molar refractivity (Wildman–Crippen MR) is 130 cm³/mol. The fraction of sp³-hybridized carbons (Fsp3) is 0.333. The molecule has 1 fully saturated rings. The van der Waals surface area contributed by atoms with Gasteiger partial charge < -0.3 is 20.1 Å². The lowest BCUT2D eigenvalue weighted by Crippen LogP contribution is -2.43. The van der Waals surface area contributed by atoms with Gasteiger partial charge in [-0.15, -0.1) is 0 Å². The Labute approximate surface area is 195 Å². The van der Waals surface area contributed by atoms with Crippen molar-refractivity contribution in [3.05, 3.63) is 89.6 Å². The summed E-state index contributed by atoms with van der Waals surface area (Å²) in [5, 5.41) is 13.1. The average Bonchev–Trinajstić information content (AvgIpc) is 2.87. The molecule has 2 N–H and O–H groups in total. The van der Waals surface area contributed by atoms with E-state index in [1.807, 2.05) is 24.3 Å². The number of aromatic nitrogens is 1. The van der Waals surface area contributed by atoms with Gasteiger partial charge in [-0.05, 0) is 61.2 Å². The quantitative estimate of drug-likeness (QED) is 0.521. The lowest BCUT2D eigenvalue weighted by atomic mass is 9.80. The van der Waals surface area contributed by atoms with E-state index in [4.69, 9.17) is 4.74 Å². The molecular weight excluding hydrogens is 414 g/mol. The monoisotopic (exact) mass is 445 g/mol. The summed E-state index contributed by atoms with van der Waals surface area (Å²) in [5.41, 5.74) is 2.59. The Balaban J connectivity index is 1.49. The third-order valence-corrected chi connectivity index (χ3v) is 6.54. The molecule has 0 aliphatic carbocycles. The Morgan fingerprint density at radius 2 is 1.94 bits per heavy atom. The number of benzene rings is 2. The van der Waals surface area contributed by atoms with Crippen LogP contribution in [0.2, 0.25) is 0 Å². The highest BCUT2D eigenvalue weighted by Gasteiger charge is 2.31. The van der Waals surface area contributed by atoms with Crippen LogP contribution in [-0.4, -0.2) is 42.8 Å². The van der Waals surface area contributed by atoms with Gasteiger partial charge in [0.2, 0.25) is 0 Å². The lowest BCUT2D eigenvalue weighted by Gasteiger charge is -2.40. The van der Waals surface area contributed by atoms with Crippen LogP contribution in [0.15, 0.2) is 72.8 Å². The smallest absolute Gasteiger partial charge is 0.354 e. The number of hydrogen-bond donors (Lipinski definition) is 2. The van der Waals surface area contributed by atoms with E-state index in [9.17, 15) is 9.90 Å². The minimum atomic E-state index is -0.998. The van der Waals surface area contributed by atoms with Crippen LogP contribution >= 0.6 is 0 Å². The summed E-state index contributed by atoms with van der Waals surface area (Å²) in [6, 6.07) is 24.2. The van der Waals surface area contributed by atoms with Crippen molar-refractivity contribution in [3.63, 3.8) is 0 Å². The molecule has 2 heterocycles. The molecule has 6 heteroatoms. The molecule has 1 saturated heterocycles. The molecule has 3 aromatic rings. The predicted octanol–water partition coefficient (Wildman–Crippen LogP) is 4.75. The van der Waals surface area contributed by atoms with E-state index < -0.39 is 5.97 Å². The maximum atomic E-state index is 11.4. The maximum Gasteiger partial charge on any atom is 0.354 e. The Bertz CT molecular complexity index is 1070. The van der Waals surface area contributed by atoms with Gasteiger partial charge in [-0.1, -0.05) is 48.5 Å². The number of carboxylic acids is 1. The van der Waals surface area contributed by atoms with Crippen LogP contribution in [0.3, 0.4) is 0 Å². The molecule has 2 unspecified atom stereocenters. The van der Waals surface area contributed by atoms with Gasteiger partial charge in [0.05, 0.1) is 7.11 Å². The van der Waals surface area contributed by atoms with Gasteiger partial charge in [-0.3, -0.25) is 0 Å². The summed E-state index contributed by atoms with van der Waals surface area (Å²) in [6.45, 7) is 4.73. The average molecular weight is 446 g/mol. The number of ether oxygens (including phenoxy) is 1. The Kier molecular flexibility index (Phi) is 7.25. The summed E-state index contributed by atoms with van der Waals surface area (Å²) < 4.78 is 5.38. The van der Waals surface area contributed by atoms with Crippen molar-refractivity contribution in [1.29, 1.82) is 0 Å². The van der Waals surface area contributed by atoms with E-state index in [1.165, 1.54) is 17.2 Å². The second-order valence-corrected chi connectivity index (χ2v) is 8.60. The van der Waals surface area contributed by atoms with Gasteiger partial charge in [-0.25, -0.2) is 9.78 Å². The first-order chi connectivity index (χ1) is 16.0. The van der Waals surface area contributed by atoms with E-state index in [0.717, 1.165) is 37.6 Å². The number of hydrogen-bond acceptors (Lipinski definition) is 5. The van der Waals surface area contributed by atoms with E-state index in [2.05, 4.69) is 58.5 Å². The number of aromatic carboxylic acids is 1. The van der Waals surface area contributed by atoms with Gasteiger partial charge >= 0.3 is 5.97 Å². The molecule has 1 aromatic heterocycles. The number of anilines is 1. The SMILES string of the molecule is COc1cccc([C@@H](C)NCC2CCN(c3cccc(C(=O)O)n3)CC2c2ccccc2)c1. The number of carboxylic acid groups (broad SMARTS) is 1.